The van der Waals surface area contributed by atoms with Gasteiger partial charge in [-0.3, -0.25) is 0 Å². The highest BCUT2D eigenvalue weighted by atomic mass is 28.5. The summed E-state index contributed by atoms with van der Waals surface area (Å²) in [5, 5.41) is 10.0. The van der Waals surface area contributed by atoms with Crippen LogP contribution in [0.25, 0.3) is 0 Å². The van der Waals surface area contributed by atoms with Crippen LogP contribution >= 0.6 is 0 Å². The van der Waals surface area contributed by atoms with E-state index in [4.69, 9.17) is 31.9 Å². The first kappa shape index (κ1) is 34.3. The first-order valence-electron chi connectivity index (χ1n) is 12.8. The van der Waals surface area contributed by atoms with Gasteiger partial charge in [-0.05, 0) is 57.8 Å². The van der Waals surface area contributed by atoms with Crippen LogP contribution in [-0.4, -0.2) is 103 Å². The van der Waals surface area contributed by atoms with Crippen LogP contribution in [0.5, 0.6) is 0 Å². The Morgan fingerprint density at radius 3 is 1.56 bits per heavy atom. The molecule has 0 amide bonds. The maximum Gasteiger partial charge on any atom is 0.311 e. The van der Waals surface area contributed by atoms with Gasteiger partial charge in [0, 0.05) is 13.7 Å². The van der Waals surface area contributed by atoms with Crippen LogP contribution in [0.2, 0.25) is 51.4 Å². The van der Waals surface area contributed by atoms with Crippen molar-refractivity contribution < 1.29 is 37.0 Å². The van der Waals surface area contributed by atoms with E-state index < -0.39 is 31.3 Å². The second-order valence-electron chi connectivity index (χ2n) is 10.4. The van der Waals surface area contributed by atoms with Gasteiger partial charge in [-0.15, -0.1) is 0 Å². The van der Waals surface area contributed by atoms with Crippen LogP contribution in [-0.2, 0) is 31.9 Å². The maximum absolute atomic E-state index is 10.0. The number of ether oxygens (including phenoxy) is 5. The van der Waals surface area contributed by atoms with Crippen molar-refractivity contribution in [2.24, 2.45) is 0 Å². The van der Waals surface area contributed by atoms with Gasteiger partial charge in [-0.2, -0.15) is 0 Å². The minimum atomic E-state index is -2.14. The molecule has 0 saturated heterocycles. The van der Waals surface area contributed by atoms with Crippen molar-refractivity contribution in [3.8, 4) is 0 Å². The zero-order valence-electron chi connectivity index (χ0n) is 23.3. The quantitative estimate of drug-likeness (QED) is 0.142. The van der Waals surface area contributed by atoms with E-state index in [1.165, 1.54) is 18.9 Å². The molecule has 0 heterocycles. The Kier molecular flexibility index (Phi) is 19.6. The van der Waals surface area contributed by atoms with E-state index in [1.807, 2.05) is 0 Å². The average molecular weight is 543 g/mol. The number of unbranched alkanes of at least 4 members (excludes halogenated alkanes) is 1. The highest BCUT2D eigenvalue weighted by Gasteiger charge is 2.39. The Morgan fingerprint density at radius 2 is 1.06 bits per heavy atom. The van der Waals surface area contributed by atoms with Gasteiger partial charge in [0.2, 0.25) is 0 Å². The van der Waals surface area contributed by atoms with E-state index in [0.29, 0.717) is 46.2 Å². The van der Waals surface area contributed by atoms with E-state index in [-0.39, 0.29) is 13.2 Å². The first-order chi connectivity index (χ1) is 15.9. The number of rotatable bonds is 24. The first-order valence-corrected chi connectivity index (χ1v) is 21.9. The molecular formula is C23H54O8Si3. The Labute approximate surface area is 212 Å². The molecule has 11 heteroatoms. The highest BCUT2D eigenvalue weighted by Crippen LogP contribution is 2.26. The molecule has 0 aromatic rings. The standard InChI is InChI=1S/C23H54O8Si3/c1-9-10-19-32(3,4)30-34(7,8)31-33(5,6)20-11-12-28-21-23(24)22-29-18-17-27-16-15-26-14-13-25-2/h23-24H,9-22H2,1-8H3. The molecule has 1 unspecified atom stereocenters. The third kappa shape index (κ3) is 21.6. The zero-order chi connectivity index (χ0) is 25.9. The fourth-order valence-corrected chi connectivity index (χ4v) is 17.9. The summed E-state index contributed by atoms with van der Waals surface area (Å²) in [4.78, 5) is 0. The third-order valence-corrected chi connectivity index (χ3v) is 16.5. The van der Waals surface area contributed by atoms with Crippen molar-refractivity contribution in [2.75, 3.05) is 66.6 Å². The molecule has 0 aromatic heterocycles. The van der Waals surface area contributed by atoms with Crippen molar-refractivity contribution in [1.82, 2.24) is 0 Å². The number of aliphatic hydroxyl groups excluding tert-OH is 1. The van der Waals surface area contributed by atoms with Crippen LogP contribution in [0, 0.1) is 0 Å². The SMILES string of the molecule is CCCC[Si](C)(C)O[Si](C)(C)O[Si](C)(C)CCCOCC(O)COCCOCCOCCOC. The maximum atomic E-state index is 10.0. The number of methoxy groups -OCH3 is 1. The summed E-state index contributed by atoms with van der Waals surface area (Å²) in [6, 6.07) is 2.21. The molecule has 8 nitrogen and oxygen atoms in total. The molecule has 0 fully saturated rings. The van der Waals surface area contributed by atoms with E-state index in [9.17, 15) is 5.11 Å². The topological polar surface area (TPSA) is 84.8 Å². The molecule has 0 aliphatic heterocycles. The Hall–Kier alpha value is 0.331. The summed E-state index contributed by atoms with van der Waals surface area (Å²) < 4.78 is 39.9. The van der Waals surface area contributed by atoms with Gasteiger partial charge in [0.1, 0.15) is 6.10 Å². The summed E-state index contributed by atoms with van der Waals surface area (Å²) in [6.45, 7) is 20.0. The monoisotopic (exact) mass is 542 g/mol. The van der Waals surface area contributed by atoms with E-state index >= 15 is 0 Å². The number of hydrogen-bond acceptors (Lipinski definition) is 8. The van der Waals surface area contributed by atoms with Crippen molar-refractivity contribution in [2.45, 2.75) is 83.7 Å². The van der Waals surface area contributed by atoms with Crippen LogP contribution in [0.15, 0.2) is 0 Å². The minimum Gasteiger partial charge on any atom is -0.437 e. The molecule has 0 bridgehead atoms. The lowest BCUT2D eigenvalue weighted by Gasteiger charge is -2.38. The predicted octanol–water partition coefficient (Wildman–Crippen LogP) is 4.40. The van der Waals surface area contributed by atoms with E-state index in [1.54, 1.807) is 7.11 Å². The van der Waals surface area contributed by atoms with Crippen LogP contribution in [0.1, 0.15) is 26.2 Å². The molecule has 0 radical (unpaired) electrons. The molecule has 0 spiro atoms. The van der Waals surface area contributed by atoms with Gasteiger partial charge < -0.3 is 37.0 Å². The van der Waals surface area contributed by atoms with E-state index in [2.05, 4.69) is 46.2 Å². The molecule has 0 aliphatic carbocycles. The molecule has 1 atom stereocenters. The predicted molar refractivity (Wildman–Crippen MR) is 145 cm³/mol. The fourth-order valence-electron chi connectivity index (χ4n) is 3.73. The lowest BCUT2D eigenvalue weighted by atomic mass is 10.4. The molecule has 206 valence electrons. The number of hydrogen-bond donors (Lipinski definition) is 1. The average Bonchev–Trinajstić information content (AvgIpc) is 2.71. The van der Waals surface area contributed by atoms with Crippen molar-refractivity contribution in [3.63, 3.8) is 0 Å². The van der Waals surface area contributed by atoms with Gasteiger partial charge in [-0.25, -0.2) is 0 Å². The van der Waals surface area contributed by atoms with Crippen molar-refractivity contribution in [1.29, 1.82) is 0 Å². The highest BCUT2D eigenvalue weighted by molar-refractivity contribution is 6.87. The largest absolute Gasteiger partial charge is 0.437 e. The van der Waals surface area contributed by atoms with Gasteiger partial charge in [-0.1, -0.05) is 19.8 Å². The minimum absolute atomic E-state index is 0.242. The van der Waals surface area contributed by atoms with Gasteiger partial charge in [0.15, 0.2) is 16.6 Å². The van der Waals surface area contributed by atoms with Crippen molar-refractivity contribution >= 4 is 25.2 Å². The Balaban J connectivity index is 3.84. The van der Waals surface area contributed by atoms with Crippen molar-refractivity contribution in [3.05, 3.63) is 0 Å². The van der Waals surface area contributed by atoms with Crippen LogP contribution in [0.4, 0.5) is 0 Å². The number of aliphatic hydroxyl groups is 1. The summed E-state index contributed by atoms with van der Waals surface area (Å²) in [7, 11) is -4.00. The lowest BCUT2D eigenvalue weighted by Crippen LogP contribution is -2.52. The van der Waals surface area contributed by atoms with Gasteiger partial charge >= 0.3 is 8.56 Å². The molecule has 0 aliphatic rings. The normalized spacial score (nSPS) is 14.0. The van der Waals surface area contributed by atoms with E-state index in [0.717, 1.165) is 12.5 Å². The summed E-state index contributed by atoms with van der Waals surface area (Å²) in [6.07, 6.45) is 2.74. The molecule has 0 rings (SSSR count). The smallest absolute Gasteiger partial charge is 0.311 e. The summed E-state index contributed by atoms with van der Waals surface area (Å²) in [5.41, 5.74) is 0. The molecule has 0 saturated carbocycles. The second kappa shape index (κ2) is 19.4. The lowest BCUT2D eigenvalue weighted by molar-refractivity contribution is -0.0377. The zero-order valence-corrected chi connectivity index (χ0v) is 26.3. The van der Waals surface area contributed by atoms with Crippen LogP contribution < -0.4 is 0 Å². The molecular weight excluding hydrogens is 489 g/mol. The fraction of sp³-hybridized carbons (Fsp3) is 1.00. The summed E-state index contributed by atoms with van der Waals surface area (Å²) >= 11 is 0. The van der Waals surface area contributed by atoms with Crippen LogP contribution in [0.3, 0.4) is 0 Å². The third-order valence-electron chi connectivity index (χ3n) is 5.04. The molecule has 34 heavy (non-hydrogen) atoms. The summed E-state index contributed by atoms with van der Waals surface area (Å²) in [5.74, 6) is 0. The Morgan fingerprint density at radius 1 is 0.618 bits per heavy atom. The van der Waals surface area contributed by atoms with Gasteiger partial charge in [0.05, 0.1) is 52.9 Å². The molecule has 1 N–H and O–H groups in total. The molecule has 0 aromatic carbocycles. The second-order valence-corrected chi connectivity index (χ2v) is 22.8. The Bertz CT molecular complexity index is 481. The van der Waals surface area contributed by atoms with Gasteiger partial charge in [0.25, 0.3) is 0 Å².